The Morgan fingerprint density at radius 2 is 1.23 bits per heavy atom. The van der Waals surface area contributed by atoms with Crippen molar-refractivity contribution in [2.45, 2.75) is 78.1 Å². The van der Waals surface area contributed by atoms with Crippen LogP contribution in [0.4, 0.5) is 0 Å². The van der Waals surface area contributed by atoms with Crippen LogP contribution in [0.1, 0.15) is 86.7 Å². The van der Waals surface area contributed by atoms with E-state index in [9.17, 15) is 9.59 Å². The van der Waals surface area contributed by atoms with Crippen molar-refractivity contribution in [3.8, 4) is 9.75 Å². The second-order valence-electron chi connectivity index (χ2n) is 12.1. The van der Waals surface area contributed by atoms with Crippen LogP contribution < -0.4 is 0 Å². The zero-order valence-corrected chi connectivity index (χ0v) is 28.1. The molecule has 3 aromatic rings. The minimum Gasteiger partial charge on any atom is -0.421 e. The van der Waals surface area contributed by atoms with Gasteiger partial charge in [-0.3, -0.25) is 0 Å². The second kappa shape index (κ2) is 12.8. The lowest BCUT2D eigenvalue weighted by molar-refractivity contribution is -0.133. The molecule has 4 nitrogen and oxygen atoms in total. The van der Waals surface area contributed by atoms with E-state index in [0.29, 0.717) is 11.5 Å². The molecule has 43 heavy (non-hydrogen) atoms. The van der Waals surface area contributed by atoms with E-state index in [2.05, 4.69) is 65.0 Å². The molecule has 0 fully saturated rings. The molecule has 3 aromatic heterocycles. The molecular weight excluding hydrogens is 593 g/mol. The first-order chi connectivity index (χ1) is 20.5. The van der Waals surface area contributed by atoms with E-state index in [1.165, 1.54) is 35.4 Å². The Morgan fingerprint density at radius 3 is 1.88 bits per heavy atom. The van der Waals surface area contributed by atoms with Crippen LogP contribution in [0.5, 0.6) is 0 Å². The third-order valence-electron chi connectivity index (χ3n) is 7.76. The van der Waals surface area contributed by atoms with Gasteiger partial charge in [0.05, 0.1) is 20.9 Å². The quantitative estimate of drug-likeness (QED) is 0.0915. The van der Waals surface area contributed by atoms with E-state index in [0.717, 1.165) is 19.5 Å². The smallest absolute Gasteiger partial charge is 0.344 e. The Morgan fingerprint density at radius 1 is 0.698 bits per heavy atom. The van der Waals surface area contributed by atoms with Gasteiger partial charge in [-0.15, -0.1) is 34.0 Å². The standard InChI is InChI=1S/C36H38O4S3/c1-7-9-11-19-35(3,4)31-17-15-28(42-31)26-22-24(34(38)40-26)23-21-25(39-33(23)37)27-13-14-29(41-27)30-16-18-32(43-30)36(5,6)20-12-10-8-2/h7,9,11,13-19,21-22H,8,10,12,20H2,1-6H3/b9-7-,19-11-,24-23+. The number of hydrogen-bond donors (Lipinski definition) is 0. The highest BCUT2D eigenvalue weighted by molar-refractivity contribution is 7.22. The minimum atomic E-state index is -0.541. The molecule has 5 heterocycles. The zero-order valence-electron chi connectivity index (χ0n) is 25.6. The minimum absolute atomic E-state index is 0.148. The number of unbranched alkanes of at least 4 members (excludes halogenated alkanes) is 2. The van der Waals surface area contributed by atoms with Crippen molar-refractivity contribution in [3.63, 3.8) is 0 Å². The Kier molecular flexibility index (Phi) is 9.26. The van der Waals surface area contributed by atoms with Crippen molar-refractivity contribution in [1.29, 1.82) is 0 Å². The summed E-state index contributed by atoms with van der Waals surface area (Å²) in [7, 11) is 0. The fourth-order valence-electron chi connectivity index (χ4n) is 5.05. The van der Waals surface area contributed by atoms with Gasteiger partial charge in [0.2, 0.25) is 0 Å². The third kappa shape index (κ3) is 6.79. The van der Waals surface area contributed by atoms with Gasteiger partial charge < -0.3 is 9.47 Å². The number of cyclic esters (lactones) is 2. The van der Waals surface area contributed by atoms with Gasteiger partial charge in [0.25, 0.3) is 0 Å². The predicted molar refractivity (Wildman–Crippen MR) is 181 cm³/mol. The van der Waals surface area contributed by atoms with Crippen molar-refractivity contribution in [2.24, 2.45) is 0 Å². The molecule has 224 valence electrons. The predicted octanol–water partition coefficient (Wildman–Crippen LogP) is 10.6. The maximum absolute atomic E-state index is 12.9. The van der Waals surface area contributed by atoms with Crippen LogP contribution in [-0.4, -0.2) is 11.9 Å². The number of ether oxygens (including phenoxy) is 2. The topological polar surface area (TPSA) is 52.6 Å². The zero-order chi connectivity index (χ0) is 30.8. The molecule has 2 aliphatic rings. The highest BCUT2D eigenvalue weighted by Gasteiger charge is 2.34. The van der Waals surface area contributed by atoms with Crippen molar-refractivity contribution >= 4 is 57.5 Å². The molecule has 0 amide bonds. The van der Waals surface area contributed by atoms with E-state index in [1.807, 2.05) is 48.6 Å². The molecular formula is C36H38O4S3. The number of carbonyl (C=O) groups is 2. The summed E-state index contributed by atoms with van der Waals surface area (Å²) in [6, 6.07) is 12.5. The lowest BCUT2D eigenvalue weighted by Gasteiger charge is -2.23. The Balaban J connectivity index is 1.36. The second-order valence-corrected chi connectivity index (χ2v) is 15.3. The van der Waals surface area contributed by atoms with Crippen LogP contribution in [0.15, 0.2) is 84.0 Å². The number of carbonyl (C=O) groups excluding carboxylic acids is 2. The molecule has 0 radical (unpaired) electrons. The van der Waals surface area contributed by atoms with Gasteiger partial charge in [0.15, 0.2) is 0 Å². The molecule has 0 atom stereocenters. The average molecular weight is 631 g/mol. The molecule has 0 aliphatic carbocycles. The summed E-state index contributed by atoms with van der Waals surface area (Å²) >= 11 is 5.00. The first kappa shape index (κ1) is 31.2. The summed E-state index contributed by atoms with van der Waals surface area (Å²) in [5, 5.41) is 0. The van der Waals surface area contributed by atoms with Crippen molar-refractivity contribution in [1.82, 2.24) is 0 Å². The van der Waals surface area contributed by atoms with E-state index in [-0.39, 0.29) is 22.0 Å². The SMILES string of the molecule is C/C=C\C=C/C(C)(C)c1ccc(C2=C/C(=C3/C=C(c4ccc(-c5ccc(C(C)(C)CCCCC)s5)s4)OC3=O)C(=O)O2)s1. The van der Waals surface area contributed by atoms with Gasteiger partial charge in [-0.2, -0.15) is 0 Å². The van der Waals surface area contributed by atoms with Crippen molar-refractivity contribution in [3.05, 3.63) is 104 Å². The first-order valence-corrected chi connectivity index (χ1v) is 17.2. The van der Waals surface area contributed by atoms with Gasteiger partial charge >= 0.3 is 11.9 Å². The first-order valence-electron chi connectivity index (χ1n) is 14.8. The number of rotatable bonds is 11. The number of esters is 2. The molecule has 0 saturated heterocycles. The molecule has 7 heteroatoms. The molecule has 0 unspecified atom stereocenters. The summed E-state index contributed by atoms with van der Waals surface area (Å²) in [4.78, 5) is 32.4. The maximum Gasteiger partial charge on any atom is 0.344 e. The molecule has 0 aromatic carbocycles. The molecule has 0 bridgehead atoms. The number of thiophene rings is 3. The molecule has 2 aliphatic heterocycles. The molecule has 0 spiro atoms. The van der Waals surface area contributed by atoms with Gasteiger partial charge in [0.1, 0.15) is 11.5 Å². The number of hydrogen-bond acceptors (Lipinski definition) is 7. The molecule has 5 rings (SSSR count). The maximum atomic E-state index is 12.9. The van der Waals surface area contributed by atoms with Gasteiger partial charge in [-0.1, -0.05) is 78.2 Å². The van der Waals surface area contributed by atoms with Gasteiger partial charge in [-0.25, -0.2) is 9.59 Å². The van der Waals surface area contributed by atoms with E-state index in [4.69, 9.17) is 9.47 Å². The Labute approximate surface area is 266 Å². The van der Waals surface area contributed by atoms with Crippen molar-refractivity contribution in [2.75, 3.05) is 0 Å². The lowest BCUT2D eigenvalue weighted by Crippen LogP contribution is -2.14. The molecule has 0 saturated carbocycles. The van der Waals surface area contributed by atoms with Crippen LogP contribution in [-0.2, 0) is 29.9 Å². The van der Waals surface area contributed by atoms with E-state index in [1.54, 1.807) is 34.8 Å². The Hall–Kier alpha value is -3.26. The highest BCUT2D eigenvalue weighted by atomic mass is 32.1. The van der Waals surface area contributed by atoms with Crippen molar-refractivity contribution < 1.29 is 19.1 Å². The lowest BCUT2D eigenvalue weighted by atomic mass is 9.85. The average Bonchev–Trinajstić information content (AvgIpc) is 3.78. The van der Waals surface area contributed by atoms with Crippen LogP contribution in [0.2, 0.25) is 0 Å². The van der Waals surface area contributed by atoms with Crippen LogP contribution in [0.25, 0.3) is 21.3 Å². The summed E-state index contributed by atoms with van der Waals surface area (Å²) < 4.78 is 11.3. The van der Waals surface area contributed by atoms with Crippen LogP contribution in [0, 0.1) is 0 Å². The fraction of sp³-hybridized carbons (Fsp3) is 0.333. The van der Waals surface area contributed by atoms with Crippen LogP contribution >= 0.6 is 34.0 Å². The third-order valence-corrected chi connectivity index (χ3v) is 11.9. The monoisotopic (exact) mass is 630 g/mol. The summed E-state index contributed by atoms with van der Waals surface area (Å²) in [6.07, 6.45) is 16.4. The Bertz CT molecular complexity index is 1680. The highest BCUT2D eigenvalue weighted by Crippen LogP contribution is 2.43. The normalized spacial score (nSPS) is 17.7. The van der Waals surface area contributed by atoms with Gasteiger partial charge in [-0.05, 0) is 67.3 Å². The fourth-order valence-corrected chi connectivity index (χ4v) is 8.28. The summed E-state index contributed by atoms with van der Waals surface area (Å²) in [6.45, 7) is 13.2. The van der Waals surface area contributed by atoms with Crippen LogP contribution in [0.3, 0.4) is 0 Å². The summed E-state index contributed by atoms with van der Waals surface area (Å²) in [5.41, 5.74) is 0.426. The molecule has 0 N–H and O–H groups in total. The largest absolute Gasteiger partial charge is 0.421 e. The van der Waals surface area contributed by atoms with E-state index >= 15 is 0 Å². The number of allylic oxidation sites excluding steroid dienone is 4. The van der Waals surface area contributed by atoms with E-state index < -0.39 is 11.9 Å². The van der Waals surface area contributed by atoms with Gasteiger partial charge in [0, 0.05) is 24.9 Å². The summed E-state index contributed by atoms with van der Waals surface area (Å²) in [5.74, 6) is -0.163.